The van der Waals surface area contributed by atoms with E-state index in [2.05, 4.69) is 16.0 Å². The largest absolute Gasteiger partial charge is 0.480 e. The molecule has 3 amide bonds. The fourth-order valence-corrected chi connectivity index (χ4v) is 2.44. The van der Waals surface area contributed by atoms with Gasteiger partial charge in [-0.3, -0.25) is 4.79 Å². The number of hydrogen-bond acceptors (Lipinski definition) is 3. The van der Waals surface area contributed by atoms with Gasteiger partial charge in [0.25, 0.3) is 0 Å². The van der Waals surface area contributed by atoms with Crippen molar-refractivity contribution in [2.24, 2.45) is 0 Å². The Labute approximate surface area is 124 Å². The summed E-state index contributed by atoms with van der Waals surface area (Å²) < 4.78 is 0. The molecule has 7 nitrogen and oxygen atoms in total. The molecule has 0 spiro atoms. The van der Waals surface area contributed by atoms with Crippen LogP contribution in [0.1, 0.15) is 51.9 Å². The lowest BCUT2D eigenvalue weighted by Gasteiger charge is -2.22. The molecule has 0 aromatic carbocycles. The van der Waals surface area contributed by atoms with Gasteiger partial charge in [0.05, 0.1) is 6.54 Å². The molecule has 1 saturated carbocycles. The highest BCUT2D eigenvalue weighted by atomic mass is 16.4. The van der Waals surface area contributed by atoms with Crippen LogP contribution in [0.5, 0.6) is 0 Å². The Hall–Kier alpha value is -1.79. The topological polar surface area (TPSA) is 108 Å². The summed E-state index contributed by atoms with van der Waals surface area (Å²) in [5, 5.41) is 16.6. The Morgan fingerprint density at radius 2 is 1.86 bits per heavy atom. The minimum absolute atomic E-state index is 0.175. The van der Waals surface area contributed by atoms with Crippen molar-refractivity contribution >= 4 is 17.9 Å². The fraction of sp³-hybridized carbons (Fsp3) is 0.786. The number of carboxylic acids is 1. The quantitative estimate of drug-likeness (QED) is 0.562. The van der Waals surface area contributed by atoms with Crippen molar-refractivity contribution in [2.45, 2.75) is 64.0 Å². The molecule has 0 aromatic heterocycles. The van der Waals surface area contributed by atoms with Gasteiger partial charge in [-0.2, -0.15) is 0 Å². The summed E-state index contributed by atoms with van der Waals surface area (Å²) in [6.45, 7) is 1.63. The number of carbonyl (C=O) groups excluding carboxylic acids is 2. The molecule has 7 heteroatoms. The first kappa shape index (κ1) is 17.3. The van der Waals surface area contributed by atoms with Crippen LogP contribution in [-0.2, 0) is 9.59 Å². The monoisotopic (exact) mass is 299 g/mol. The van der Waals surface area contributed by atoms with Crippen molar-refractivity contribution in [3.63, 3.8) is 0 Å². The number of carbonyl (C=O) groups is 3. The van der Waals surface area contributed by atoms with E-state index in [1.165, 1.54) is 6.42 Å². The highest BCUT2D eigenvalue weighted by Crippen LogP contribution is 2.16. The molecule has 0 heterocycles. The lowest BCUT2D eigenvalue weighted by molar-refractivity contribution is -0.141. The van der Waals surface area contributed by atoms with Crippen LogP contribution in [0, 0.1) is 0 Å². The first-order valence-corrected chi connectivity index (χ1v) is 7.59. The predicted molar refractivity (Wildman–Crippen MR) is 77.9 cm³/mol. The Kier molecular flexibility index (Phi) is 7.56. The van der Waals surface area contributed by atoms with Gasteiger partial charge in [-0.25, -0.2) is 9.59 Å². The van der Waals surface area contributed by atoms with Gasteiger partial charge in [-0.1, -0.05) is 32.6 Å². The molecule has 0 saturated heterocycles. The second-order valence-corrected chi connectivity index (χ2v) is 5.41. The number of carboxylic acid groups (broad SMARTS) is 1. The van der Waals surface area contributed by atoms with Gasteiger partial charge < -0.3 is 21.1 Å². The molecule has 1 unspecified atom stereocenters. The number of rotatable bonds is 7. The molecule has 0 aliphatic heterocycles. The van der Waals surface area contributed by atoms with Gasteiger partial charge in [-0.05, 0) is 19.3 Å². The molecule has 0 aromatic rings. The van der Waals surface area contributed by atoms with Crippen molar-refractivity contribution in [3.05, 3.63) is 0 Å². The number of hydrogen-bond donors (Lipinski definition) is 4. The molecule has 120 valence electrons. The minimum Gasteiger partial charge on any atom is -0.480 e. The van der Waals surface area contributed by atoms with Crippen LogP contribution in [0.25, 0.3) is 0 Å². The van der Waals surface area contributed by atoms with Crippen molar-refractivity contribution in [1.29, 1.82) is 0 Å². The van der Waals surface area contributed by atoms with Gasteiger partial charge >= 0.3 is 12.0 Å². The smallest absolute Gasteiger partial charge is 0.326 e. The first-order chi connectivity index (χ1) is 10.0. The summed E-state index contributed by atoms with van der Waals surface area (Å²) in [5.74, 6) is -1.55. The zero-order valence-electron chi connectivity index (χ0n) is 12.5. The van der Waals surface area contributed by atoms with Crippen LogP contribution in [0.4, 0.5) is 4.79 Å². The van der Waals surface area contributed by atoms with Crippen LogP contribution in [-0.4, -0.2) is 41.6 Å². The molecule has 4 N–H and O–H groups in total. The third kappa shape index (κ3) is 6.97. The number of nitrogens with one attached hydrogen (secondary N) is 3. The maximum atomic E-state index is 11.6. The summed E-state index contributed by atoms with van der Waals surface area (Å²) in [6.07, 6.45) is 6.40. The zero-order valence-corrected chi connectivity index (χ0v) is 12.5. The third-order valence-corrected chi connectivity index (χ3v) is 3.56. The second kappa shape index (κ2) is 9.20. The summed E-state index contributed by atoms with van der Waals surface area (Å²) in [4.78, 5) is 34.2. The summed E-state index contributed by atoms with van der Waals surface area (Å²) in [5.41, 5.74) is 0. The van der Waals surface area contributed by atoms with E-state index in [1.54, 1.807) is 0 Å². The van der Waals surface area contributed by atoms with Crippen LogP contribution in [0.15, 0.2) is 0 Å². The van der Waals surface area contributed by atoms with E-state index in [-0.39, 0.29) is 18.6 Å². The Morgan fingerprint density at radius 1 is 1.19 bits per heavy atom. The lowest BCUT2D eigenvalue weighted by atomic mass is 9.96. The molecule has 1 aliphatic carbocycles. The molecule has 1 aliphatic rings. The van der Waals surface area contributed by atoms with E-state index in [0.717, 1.165) is 25.7 Å². The SMILES string of the molecule is CCCC(NC(=O)CNC(=O)NC1CCCCC1)C(=O)O. The van der Waals surface area contributed by atoms with Crippen molar-refractivity contribution in [2.75, 3.05) is 6.54 Å². The minimum atomic E-state index is -1.06. The molecular formula is C14H25N3O4. The maximum absolute atomic E-state index is 11.6. The van der Waals surface area contributed by atoms with Crippen LogP contribution in [0.2, 0.25) is 0 Å². The number of urea groups is 1. The van der Waals surface area contributed by atoms with Crippen molar-refractivity contribution in [3.8, 4) is 0 Å². The number of amides is 3. The van der Waals surface area contributed by atoms with E-state index in [0.29, 0.717) is 12.8 Å². The van der Waals surface area contributed by atoms with Crippen LogP contribution < -0.4 is 16.0 Å². The van der Waals surface area contributed by atoms with Gasteiger partial charge in [0.1, 0.15) is 6.04 Å². The molecule has 1 atom stereocenters. The van der Waals surface area contributed by atoms with Crippen LogP contribution >= 0.6 is 0 Å². The van der Waals surface area contributed by atoms with Gasteiger partial charge in [0.2, 0.25) is 5.91 Å². The second-order valence-electron chi connectivity index (χ2n) is 5.41. The van der Waals surface area contributed by atoms with Gasteiger partial charge in [-0.15, -0.1) is 0 Å². The molecule has 21 heavy (non-hydrogen) atoms. The predicted octanol–water partition coefficient (Wildman–Crippen LogP) is 0.988. The standard InChI is InChI=1S/C14H25N3O4/c1-2-6-11(13(19)20)17-12(18)9-15-14(21)16-10-7-4-3-5-8-10/h10-11H,2-9H2,1H3,(H,17,18)(H,19,20)(H2,15,16,21). The Balaban J connectivity index is 2.24. The van der Waals surface area contributed by atoms with Crippen molar-refractivity contribution in [1.82, 2.24) is 16.0 Å². The van der Waals surface area contributed by atoms with Gasteiger partial charge in [0.15, 0.2) is 0 Å². The summed E-state index contributed by atoms with van der Waals surface area (Å²) in [6, 6.07) is -1.10. The molecule has 1 fully saturated rings. The molecule has 1 rings (SSSR count). The van der Waals surface area contributed by atoms with E-state index < -0.39 is 17.9 Å². The highest BCUT2D eigenvalue weighted by Gasteiger charge is 2.19. The average Bonchev–Trinajstić information content (AvgIpc) is 2.45. The summed E-state index contributed by atoms with van der Waals surface area (Å²) >= 11 is 0. The number of aliphatic carboxylic acids is 1. The molecular weight excluding hydrogens is 274 g/mol. The van der Waals surface area contributed by atoms with Gasteiger partial charge in [0, 0.05) is 6.04 Å². The van der Waals surface area contributed by atoms with E-state index >= 15 is 0 Å². The Morgan fingerprint density at radius 3 is 2.43 bits per heavy atom. The fourth-order valence-electron chi connectivity index (χ4n) is 2.44. The first-order valence-electron chi connectivity index (χ1n) is 7.59. The lowest BCUT2D eigenvalue weighted by Crippen LogP contribution is -2.49. The van der Waals surface area contributed by atoms with Crippen LogP contribution in [0.3, 0.4) is 0 Å². The normalized spacial score (nSPS) is 16.8. The van der Waals surface area contributed by atoms with E-state index in [9.17, 15) is 14.4 Å². The highest BCUT2D eigenvalue weighted by molar-refractivity contribution is 5.87. The average molecular weight is 299 g/mol. The van der Waals surface area contributed by atoms with E-state index in [1.807, 2.05) is 6.92 Å². The molecule has 0 bridgehead atoms. The van der Waals surface area contributed by atoms with E-state index in [4.69, 9.17) is 5.11 Å². The third-order valence-electron chi connectivity index (χ3n) is 3.56. The maximum Gasteiger partial charge on any atom is 0.326 e. The zero-order chi connectivity index (χ0) is 15.7. The van der Waals surface area contributed by atoms with Crippen molar-refractivity contribution < 1.29 is 19.5 Å². The summed E-state index contributed by atoms with van der Waals surface area (Å²) in [7, 11) is 0. The molecule has 0 radical (unpaired) electrons. The Bertz CT molecular complexity index is 367.